The van der Waals surface area contributed by atoms with E-state index >= 15 is 0 Å². The van der Waals surface area contributed by atoms with Crippen LogP contribution in [0.4, 0.5) is 0 Å². The lowest BCUT2D eigenvalue weighted by atomic mass is 10.2. The van der Waals surface area contributed by atoms with Crippen LogP contribution in [0.15, 0.2) is 23.1 Å². The summed E-state index contributed by atoms with van der Waals surface area (Å²) >= 11 is 0. The van der Waals surface area contributed by atoms with Crippen molar-refractivity contribution in [2.75, 3.05) is 33.3 Å². The molecule has 0 heterocycles. The lowest BCUT2D eigenvalue weighted by Gasteiger charge is -2.16. The predicted octanol–water partition coefficient (Wildman–Crippen LogP) is 0.207. The van der Waals surface area contributed by atoms with Gasteiger partial charge in [0.2, 0.25) is 10.0 Å². The predicted molar refractivity (Wildman–Crippen MR) is 79.8 cm³/mol. The Morgan fingerprint density at radius 3 is 2.45 bits per heavy atom. The zero-order valence-electron chi connectivity index (χ0n) is 12.7. The molecule has 6 heteroatoms. The molecule has 20 heavy (non-hydrogen) atoms. The molecule has 0 bridgehead atoms. The number of aryl methyl sites for hydroxylation is 1. The highest BCUT2D eigenvalue weighted by Crippen LogP contribution is 2.24. The first kappa shape index (κ1) is 16.9. The van der Waals surface area contributed by atoms with Gasteiger partial charge in [-0.2, -0.15) is 0 Å². The minimum absolute atomic E-state index is 0.203. The van der Waals surface area contributed by atoms with Gasteiger partial charge in [0.1, 0.15) is 10.6 Å². The van der Waals surface area contributed by atoms with E-state index in [0.29, 0.717) is 12.3 Å². The third-order valence-corrected chi connectivity index (χ3v) is 4.86. The first-order chi connectivity index (χ1) is 9.44. The molecule has 0 saturated carbocycles. The van der Waals surface area contributed by atoms with Gasteiger partial charge >= 0.3 is 0 Å². The molecule has 0 saturated heterocycles. The Balaban J connectivity index is 2.81. The summed E-state index contributed by atoms with van der Waals surface area (Å²) in [6.45, 7) is 9.24. The van der Waals surface area contributed by atoms with Crippen molar-refractivity contribution in [1.82, 2.24) is 4.72 Å². The van der Waals surface area contributed by atoms with Crippen molar-refractivity contribution in [3.63, 3.8) is 0 Å². The average molecular weight is 301 g/mol. The molecule has 0 radical (unpaired) electrons. The molecule has 0 spiro atoms. The molecule has 0 aromatic heterocycles. The molecule has 0 amide bonds. The van der Waals surface area contributed by atoms with Gasteiger partial charge in [-0.15, -0.1) is 0 Å². The van der Waals surface area contributed by atoms with Gasteiger partial charge in [0.15, 0.2) is 0 Å². The van der Waals surface area contributed by atoms with E-state index in [2.05, 4.69) is 18.6 Å². The van der Waals surface area contributed by atoms with Crippen LogP contribution in [-0.2, 0) is 10.0 Å². The number of quaternary nitrogens is 1. The molecule has 0 unspecified atom stereocenters. The maximum atomic E-state index is 12.3. The summed E-state index contributed by atoms with van der Waals surface area (Å²) in [5.41, 5.74) is 0.889. The molecule has 5 nitrogen and oxygen atoms in total. The largest absolute Gasteiger partial charge is 0.495 e. The molecule has 0 aliphatic rings. The van der Waals surface area contributed by atoms with Gasteiger partial charge in [-0.3, -0.25) is 0 Å². The molecule has 2 N–H and O–H groups in total. The summed E-state index contributed by atoms with van der Waals surface area (Å²) < 4.78 is 32.4. The van der Waals surface area contributed by atoms with E-state index in [9.17, 15) is 8.42 Å². The SMILES string of the molecule is CC[NH+](CC)CCNS(=O)(=O)c1cc(C)ccc1OC. The van der Waals surface area contributed by atoms with Crippen LogP contribution in [0.1, 0.15) is 19.4 Å². The number of hydrogen-bond donors (Lipinski definition) is 2. The molecule has 1 rings (SSSR count). The van der Waals surface area contributed by atoms with Crippen LogP contribution in [-0.4, -0.2) is 41.7 Å². The summed E-state index contributed by atoms with van der Waals surface area (Å²) in [7, 11) is -2.05. The number of ether oxygens (including phenoxy) is 1. The van der Waals surface area contributed by atoms with Crippen LogP contribution in [0.25, 0.3) is 0 Å². The molecular weight excluding hydrogens is 276 g/mol. The van der Waals surface area contributed by atoms with Crippen molar-refractivity contribution < 1.29 is 18.1 Å². The Morgan fingerprint density at radius 1 is 1.25 bits per heavy atom. The molecular formula is C14H25N2O3S+. The van der Waals surface area contributed by atoms with Crippen molar-refractivity contribution in [3.05, 3.63) is 23.8 Å². The van der Waals surface area contributed by atoms with E-state index in [0.717, 1.165) is 25.2 Å². The molecule has 114 valence electrons. The van der Waals surface area contributed by atoms with E-state index in [4.69, 9.17) is 4.74 Å². The lowest BCUT2D eigenvalue weighted by Crippen LogP contribution is -3.12. The third kappa shape index (κ3) is 4.47. The number of sulfonamides is 1. The number of hydrogen-bond acceptors (Lipinski definition) is 3. The van der Waals surface area contributed by atoms with Crippen LogP contribution < -0.4 is 14.4 Å². The zero-order valence-corrected chi connectivity index (χ0v) is 13.5. The summed E-state index contributed by atoms with van der Waals surface area (Å²) in [4.78, 5) is 1.57. The fourth-order valence-corrected chi connectivity index (χ4v) is 3.32. The van der Waals surface area contributed by atoms with Gasteiger partial charge in [0, 0.05) is 0 Å². The van der Waals surface area contributed by atoms with Gasteiger partial charge in [0.25, 0.3) is 0 Å². The third-order valence-electron chi connectivity index (χ3n) is 3.38. The lowest BCUT2D eigenvalue weighted by molar-refractivity contribution is -0.895. The van der Waals surface area contributed by atoms with Crippen LogP contribution in [0.2, 0.25) is 0 Å². The van der Waals surface area contributed by atoms with Crippen molar-refractivity contribution in [1.29, 1.82) is 0 Å². The van der Waals surface area contributed by atoms with Gasteiger partial charge < -0.3 is 9.64 Å². The van der Waals surface area contributed by atoms with E-state index in [1.54, 1.807) is 12.1 Å². The Hall–Kier alpha value is -1.11. The summed E-state index contributed by atoms with van der Waals surface area (Å²) in [5.74, 6) is 0.373. The molecule has 1 aromatic carbocycles. The second-order valence-corrected chi connectivity index (χ2v) is 6.49. The highest BCUT2D eigenvalue weighted by atomic mass is 32.2. The van der Waals surface area contributed by atoms with Crippen molar-refractivity contribution in [2.45, 2.75) is 25.7 Å². The molecule has 0 aliphatic heterocycles. The summed E-state index contributed by atoms with van der Waals surface area (Å²) in [5, 5.41) is 0. The first-order valence-corrected chi connectivity index (χ1v) is 8.40. The standard InChI is InChI=1S/C14H24N2O3S/c1-5-16(6-2)10-9-15-20(17,18)14-11-12(3)7-8-13(14)19-4/h7-8,11,15H,5-6,9-10H2,1-4H3/p+1. The van der Waals surface area contributed by atoms with Gasteiger partial charge in [-0.25, -0.2) is 13.1 Å². The fourth-order valence-electron chi connectivity index (χ4n) is 2.04. The Morgan fingerprint density at radius 2 is 1.90 bits per heavy atom. The van der Waals surface area contributed by atoms with Gasteiger partial charge in [-0.05, 0) is 38.5 Å². The second kappa shape index (κ2) is 7.61. The Bertz CT molecular complexity index is 525. The van der Waals surface area contributed by atoms with E-state index in [-0.39, 0.29) is 4.90 Å². The van der Waals surface area contributed by atoms with Crippen LogP contribution in [0.3, 0.4) is 0 Å². The number of likely N-dealkylation sites (N-methyl/N-ethyl adjacent to an activating group) is 1. The zero-order chi connectivity index (χ0) is 15.2. The molecule has 1 aromatic rings. The molecule has 0 fully saturated rings. The van der Waals surface area contributed by atoms with Crippen molar-refractivity contribution in [3.8, 4) is 5.75 Å². The number of benzene rings is 1. The normalized spacial score (nSPS) is 11.8. The topological polar surface area (TPSA) is 59.8 Å². The maximum Gasteiger partial charge on any atom is 0.244 e. The summed E-state index contributed by atoms with van der Waals surface area (Å²) in [6, 6.07) is 5.14. The van der Waals surface area contributed by atoms with Gasteiger partial charge in [-0.1, -0.05) is 6.07 Å². The molecule has 0 atom stereocenters. The number of nitrogens with one attached hydrogen (secondary N) is 2. The monoisotopic (exact) mass is 301 g/mol. The average Bonchev–Trinajstić information content (AvgIpc) is 2.43. The maximum absolute atomic E-state index is 12.3. The van der Waals surface area contributed by atoms with Crippen LogP contribution in [0.5, 0.6) is 5.75 Å². The van der Waals surface area contributed by atoms with Crippen LogP contribution in [0, 0.1) is 6.92 Å². The van der Waals surface area contributed by atoms with Gasteiger partial charge in [0.05, 0.1) is 33.3 Å². The highest BCUT2D eigenvalue weighted by Gasteiger charge is 2.19. The highest BCUT2D eigenvalue weighted by molar-refractivity contribution is 7.89. The van der Waals surface area contributed by atoms with Crippen molar-refractivity contribution >= 4 is 10.0 Å². The number of rotatable bonds is 8. The van der Waals surface area contributed by atoms with Crippen LogP contribution >= 0.6 is 0 Å². The quantitative estimate of drug-likeness (QED) is 0.721. The van der Waals surface area contributed by atoms with Crippen molar-refractivity contribution in [2.24, 2.45) is 0 Å². The van der Waals surface area contributed by atoms with E-state index in [1.807, 2.05) is 13.0 Å². The smallest absolute Gasteiger partial charge is 0.244 e. The minimum atomic E-state index is -3.53. The summed E-state index contributed by atoms with van der Waals surface area (Å²) in [6.07, 6.45) is 0. The second-order valence-electron chi connectivity index (χ2n) is 4.76. The van der Waals surface area contributed by atoms with E-state index < -0.39 is 10.0 Å². The molecule has 0 aliphatic carbocycles. The minimum Gasteiger partial charge on any atom is -0.495 e. The number of methoxy groups -OCH3 is 1. The first-order valence-electron chi connectivity index (χ1n) is 6.92. The Kier molecular flexibility index (Phi) is 6.45. The van der Waals surface area contributed by atoms with E-state index in [1.165, 1.54) is 12.0 Å². The fraction of sp³-hybridized carbons (Fsp3) is 0.571. The Labute approximate surface area is 122 Å².